The molecule has 30 heavy (non-hydrogen) atoms. The van der Waals surface area contributed by atoms with Crippen LogP contribution in [0.25, 0.3) is 0 Å². The molecular formula is C20H22Cl3N5O2. The Morgan fingerprint density at radius 3 is 2.13 bits per heavy atom. The Labute approximate surface area is 190 Å². The zero-order chi connectivity index (χ0) is 21.8. The Bertz CT molecular complexity index is 944. The van der Waals surface area contributed by atoms with Gasteiger partial charge in [-0.05, 0) is 32.0 Å². The van der Waals surface area contributed by atoms with E-state index in [1.807, 2.05) is 18.7 Å². The van der Waals surface area contributed by atoms with E-state index in [2.05, 4.69) is 9.97 Å². The molecule has 1 aliphatic rings. The quantitative estimate of drug-likeness (QED) is 0.663. The highest BCUT2D eigenvalue weighted by Gasteiger charge is 2.28. The normalized spacial score (nSPS) is 14.0. The van der Waals surface area contributed by atoms with Crippen molar-refractivity contribution in [3.05, 3.63) is 50.7 Å². The van der Waals surface area contributed by atoms with Crippen LogP contribution in [0.2, 0.25) is 15.1 Å². The van der Waals surface area contributed by atoms with Gasteiger partial charge < -0.3 is 14.7 Å². The van der Waals surface area contributed by atoms with Crippen molar-refractivity contribution < 1.29 is 9.59 Å². The summed E-state index contributed by atoms with van der Waals surface area (Å²) in [5.41, 5.74) is 0.567. The number of hydrogen-bond acceptors (Lipinski definition) is 5. The summed E-state index contributed by atoms with van der Waals surface area (Å²) >= 11 is 18.3. The van der Waals surface area contributed by atoms with E-state index in [1.165, 1.54) is 6.20 Å². The molecule has 1 saturated heterocycles. The Hall–Kier alpha value is -2.09. The Morgan fingerprint density at radius 2 is 1.57 bits per heavy atom. The van der Waals surface area contributed by atoms with Crippen molar-refractivity contribution in [3.63, 3.8) is 0 Å². The number of anilines is 1. The first-order valence-corrected chi connectivity index (χ1v) is 10.8. The summed E-state index contributed by atoms with van der Waals surface area (Å²) in [5.74, 6) is 0.0130. The van der Waals surface area contributed by atoms with Crippen LogP contribution in [0.3, 0.4) is 0 Å². The van der Waals surface area contributed by atoms with Crippen LogP contribution in [-0.4, -0.2) is 70.9 Å². The second-order valence-corrected chi connectivity index (χ2v) is 8.00. The number of benzene rings is 1. The van der Waals surface area contributed by atoms with Crippen molar-refractivity contribution >= 4 is 52.6 Å². The highest BCUT2D eigenvalue weighted by atomic mass is 35.5. The lowest BCUT2D eigenvalue weighted by molar-refractivity contribution is 0.0532. The fourth-order valence-electron chi connectivity index (χ4n) is 3.26. The SMILES string of the molecule is CCN(CC)c1ncc(Cl)c(C(=O)N2CCN(C(=O)c3ccc(Cl)cc3Cl)CC2)n1. The number of amides is 2. The third-order valence-corrected chi connectivity index (χ3v) is 5.82. The minimum Gasteiger partial charge on any atom is -0.341 e. The van der Waals surface area contributed by atoms with E-state index < -0.39 is 0 Å². The highest BCUT2D eigenvalue weighted by Crippen LogP contribution is 2.24. The summed E-state index contributed by atoms with van der Waals surface area (Å²) in [6, 6.07) is 4.78. The van der Waals surface area contributed by atoms with E-state index in [1.54, 1.807) is 28.0 Å². The molecule has 7 nitrogen and oxygen atoms in total. The molecule has 0 radical (unpaired) electrons. The number of rotatable bonds is 5. The number of carbonyl (C=O) groups excluding carboxylic acids is 2. The van der Waals surface area contributed by atoms with Crippen LogP contribution < -0.4 is 4.90 Å². The first-order valence-electron chi connectivity index (χ1n) is 9.66. The minimum atomic E-state index is -0.271. The minimum absolute atomic E-state index is 0.175. The van der Waals surface area contributed by atoms with Gasteiger partial charge in [0.2, 0.25) is 5.95 Å². The molecule has 0 spiro atoms. The van der Waals surface area contributed by atoms with E-state index in [-0.39, 0.29) is 22.5 Å². The lowest BCUT2D eigenvalue weighted by Crippen LogP contribution is -2.50. The zero-order valence-electron chi connectivity index (χ0n) is 16.7. The molecule has 160 valence electrons. The second kappa shape index (κ2) is 9.81. The number of aromatic nitrogens is 2. The van der Waals surface area contributed by atoms with Crippen LogP contribution in [-0.2, 0) is 0 Å². The highest BCUT2D eigenvalue weighted by molar-refractivity contribution is 6.36. The third-order valence-electron chi connectivity index (χ3n) is 5.00. The molecular weight excluding hydrogens is 449 g/mol. The van der Waals surface area contributed by atoms with Crippen molar-refractivity contribution in [2.24, 2.45) is 0 Å². The van der Waals surface area contributed by atoms with Crippen molar-refractivity contribution in [1.29, 1.82) is 0 Å². The number of halogens is 3. The van der Waals surface area contributed by atoms with Gasteiger partial charge in [-0.15, -0.1) is 0 Å². The third kappa shape index (κ3) is 4.79. The molecule has 2 aromatic rings. The van der Waals surface area contributed by atoms with Gasteiger partial charge in [0.1, 0.15) is 0 Å². The Balaban J connectivity index is 1.70. The maximum Gasteiger partial charge on any atom is 0.274 e. The molecule has 3 rings (SSSR count). The van der Waals surface area contributed by atoms with Gasteiger partial charge in [0.15, 0.2) is 5.69 Å². The first kappa shape index (κ1) is 22.6. The molecule has 0 unspecified atom stereocenters. The summed E-state index contributed by atoms with van der Waals surface area (Å²) in [6.07, 6.45) is 1.46. The average molecular weight is 471 g/mol. The number of hydrogen-bond donors (Lipinski definition) is 0. The van der Waals surface area contributed by atoms with E-state index in [9.17, 15) is 9.59 Å². The van der Waals surface area contributed by atoms with Gasteiger partial charge in [0.25, 0.3) is 11.8 Å². The molecule has 0 bridgehead atoms. The van der Waals surface area contributed by atoms with E-state index in [4.69, 9.17) is 34.8 Å². The molecule has 1 aromatic heterocycles. The van der Waals surface area contributed by atoms with Crippen molar-refractivity contribution in [1.82, 2.24) is 19.8 Å². The van der Waals surface area contributed by atoms with Gasteiger partial charge in [-0.1, -0.05) is 34.8 Å². The summed E-state index contributed by atoms with van der Waals surface area (Å²) in [4.78, 5) is 39.6. The van der Waals surface area contributed by atoms with Crippen molar-refractivity contribution in [3.8, 4) is 0 Å². The molecule has 2 amide bonds. The lowest BCUT2D eigenvalue weighted by atomic mass is 10.1. The standard InChI is InChI=1S/C20H22Cl3N5O2/c1-3-26(4-2)20-24-12-16(23)17(25-20)19(30)28-9-7-27(8-10-28)18(29)14-6-5-13(21)11-15(14)22/h5-6,11-12H,3-4,7-10H2,1-2H3. The Morgan fingerprint density at radius 1 is 0.967 bits per heavy atom. The molecule has 0 aliphatic carbocycles. The van der Waals surface area contributed by atoms with Crippen LogP contribution in [0, 0.1) is 0 Å². The van der Waals surface area contributed by atoms with Gasteiger partial charge in [-0.2, -0.15) is 0 Å². The van der Waals surface area contributed by atoms with Crippen molar-refractivity contribution in [2.45, 2.75) is 13.8 Å². The predicted octanol–water partition coefficient (Wildman–Crippen LogP) is 3.88. The van der Waals surface area contributed by atoms with Crippen LogP contribution in [0.15, 0.2) is 24.4 Å². The maximum atomic E-state index is 13.0. The number of nitrogens with zero attached hydrogens (tertiary/aromatic N) is 5. The summed E-state index contributed by atoms with van der Waals surface area (Å²) < 4.78 is 0. The average Bonchev–Trinajstić information content (AvgIpc) is 2.75. The summed E-state index contributed by atoms with van der Waals surface area (Å²) in [5, 5.41) is 0.989. The largest absolute Gasteiger partial charge is 0.341 e. The first-order chi connectivity index (χ1) is 14.3. The number of piperazine rings is 1. The fraction of sp³-hybridized carbons (Fsp3) is 0.400. The van der Waals surface area contributed by atoms with Gasteiger partial charge >= 0.3 is 0 Å². The van der Waals surface area contributed by atoms with Crippen LogP contribution >= 0.6 is 34.8 Å². The maximum absolute atomic E-state index is 13.0. The van der Waals surface area contributed by atoms with E-state index in [0.717, 1.165) is 13.1 Å². The van der Waals surface area contributed by atoms with E-state index >= 15 is 0 Å². The molecule has 2 heterocycles. The number of carbonyl (C=O) groups is 2. The van der Waals surface area contributed by atoms with Gasteiger partial charge in [-0.25, -0.2) is 9.97 Å². The van der Waals surface area contributed by atoms with Gasteiger partial charge in [0.05, 0.1) is 21.8 Å². The fourth-order valence-corrected chi connectivity index (χ4v) is 3.92. The smallest absolute Gasteiger partial charge is 0.274 e. The zero-order valence-corrected chi connectivity index (χ0v) is 19.0. The predicted molar refractivity (Wildman–Crippen MR) is 119 cm³/mol. The van der Waals surface area contributed by atoms with Crippen molar-refractivity contribution in [2.75, 3.05) is 44.2 Å². The molecule has 1 aliphatic heterocycles. The van der Waals surface area contributed by atoms with Crippen LogP contribution in [0.1, 0.15) is 34.7 Å². The molecule has 0 N–H and O–H groups in total. The second-order valence-electron chi connectivity index (χ2n) is 6.75. The van der Waals surface area contributed by atoms with Crippen LogP contribution in [0.5, 0.6) is 0 Å². The Kier molecular flexibility index (Phi) is 7.39. The monoisotopic (exact) mass is 469 g/mol. The van der Waals surface area contributed by atoms with E-state index in [0.29, 0.717) is 47.7 Å². The summed E-state index contributed by atoms with van der Waals surface area (Å²) in [7, 11) is 0. The van der Waals surface area contributed by atoms with Crippen LogP contribution in [0.4, 0.5) is 5.95 Å². The van der Waals surface area contributed by atoms with Gasteiger partial charge in [-0.3, -0.25) is 9.59 Å². The summed E-state index contributed by atoms with van der Waals surface area (Å²) in [6.45, 7) is 6.94. The topological polar surface area (TPSA) is 69.6 Å². The molecule has 10 heteroatoms. The molecule has 1 fully saturated rings. The van der Waals surface area contributed by atoms with Gasteiger partial charge in [0, 0.05) is 44.3 Å². The lowest BCUT2D eigenvalue weighted by Gasteiger charge is -2.35. The molecule has 1 aromatic carbocycles. The molecule has 0 saturated carbocycles. The molecule has 0 atom stereocenters.